The standard InChI is InChI=1S/C19H23N3O2/c1-14(23)20-12-15-8-10-16(11-9-15)19(24)21-18-7-5-4-6-17(18)13-22(2)3/h4-11H,12-13H2,1-3H3,(H,20,23)(H,21,24). The first kappa shape index (κ1) is 17.7. The number of nitrogens with zero attached hydrogens (tertiary/aromatic N) is 1. The van der Waals surface area contributed by atoms with Crippen molar-refractivity contribution in [3.05, 3.63) is 65.2 Å². The van der Waals surface area contributed by atoms with Crippen LogP contribution in [0, 0.1) is 0 Å². The lowest BCUT2D eigenvalue weighted by Crippen LogP contribution is -2.19. The largest absolute Gasteiger partial charge is 0.352 e. The average molecular weight is 325 g/mol. The number of nitrogens with one attached hydrogen (secondary N) is 2. The Morgan fingerprint density at radius 2 is 1.67 bits per heavy atom. The molecule has 5 heteroatoms. The highest BCUT2D eigenvalue weighted by Gasteiger charge is 2.09. The number of rotatable bonds is 6. The van der Waals surface area contributed by atoms with E-state index in [0.29, 0.717) is 12.1 Å². The molecular weight excluding hydrogens is 302 g/mol. The van der Waals surface area contributed by atoms with Gasteiger partial charge < -0.3 is 15.5 Å². The van der Waals surface area contributed by atoms with E-state index in [1.165, 1.54) is 6.92 Å². The van der Waals surface area contributed by atoms with Gasteiger partial charge in [0.2, 0.25) is 5.91 Å². The quantitative estimate of drug-likeness (QED) is 0.858. The first-order chi connectivity index (χ1) is 11.5. The van der Waals surface area contributed by atoms with Gasteiger partial charge in [-0.3, -0.25) is 9.59 Å². The zero-order chi connectivity index (χ0) is 17.5. The molecule has 0 saturated heterocycles. The Morgan fingerprint density at radius 3 is 2.29 bits per heavy atom. The fraction of sp³-hybridized carbons (Fsp3) is 0.263. The van der Waals surface area contributed by atoms with Crippen molar-refractivity contribution in [1.82, 2.24) is 10.2 Å². The molecule has 0 aromatic heterocycles. The lowest BCUT2D eigenvalue weighted by atomic mass is 10.1. The molecule has 0 heterocycles. The minimum Gasteiger partial charge on any atom is -0.352 e. The molecule has 0 atom stereocenters. The lowest BCUT2D eigenvalue weighted by molar-refractivity contribution is -0.119. The second-order valence-electron chi connectivity index (χ2n) is 5.96. The van der Waals surface area contributed by atoms with Crippen LogP contribution in [0.3, 0.4) is 0 Å². The van der Waals surface area contributed by atoms with E-state index in [9.17, 15) is 9.59 Å². The predicted molar refractivity (Wildman–Crippen MR) is 95.7 cm³/mol. The molecule has 0 aliphatic rings. The van der Waals surface area contributed by atoms with Gasteiger partial charge in [-0.05, 0) is 43.4 Å². The molecule has 0 spiro atoms. The second-order valence-corrected chi connectivity index (χ2v) is 5.96. The van der Waals surface area contributed by atoms with Gasteiger partial charge in [-0.25, -0.2) is 0 Å². The molecule has 2 N–H and O–H groups in total. The molecule has 0 radical (unpaired) electrons. The number of benzene rings is 2. The number of anilines is 1. The molecule has 0 fully saturated rings. The predicted octanol–water partition coefficient (Wildman–Crippen LogP) is 2.64. The molecule has 2 amide bonds. The summed E-state index contributed by atoms with van der Waals surface area (Å²) < 4.78 is 0. The van der Waals surface area contributed by atoms with Crippen molar-refractivity contribution < 1.29 is 9.59 Å². The van der Waals surface area contributed by atoms with Crippen molar-refractivity contribution >= 4 is 17.5 Å². The topological polar surface area (TPSA) is 61.4 Å². The van der Waals surface area contributed by atoms with Crippen LogP contribution in [0.15, 0.2) is 48.5 Å². The number of carbonyl (C=O) groups excluding carboxylic acids is 2. The van der Waals surface area contributed by atoms with Gasteiger partial charge in [0.1, 0.15) is 0 Å². The van der Waals surface area contributed by atoms with Gasteiger partial charge in [0, 0.05) is 31.3 Å². The fourth-order valence-corrected chi connectivity index (χ4v) is 2.32. The number of hydrogen-bond donors (Lipinski definition) is 2. The van der Waals surface area contributed by atoms with Gasteiger partial charge in [-0.15, -0.1) is 0 Å². The molecule has 0 unspecified atom stereocenters. The van der Waals surface area contributed by atoms with Gasteiger partial charge in [-0.1, -0.05) is 30.3 Å². The second kappa shape index (κ2) is 8.26. The van der Waals surface area contributed by atoms with Crippen LogP contribution < -0.4 is 10.6 Å². The van der Waals surface area contributed by atoms with Crippen molar-refractivity contribution in [1.29, 1.82) is 0 Å². The smallest absolute Gasteiger partial charge is 0.255 e. The van der Waals surface area contributed by atoms with Gasteiger partial charge in [0.25, 0.3) is 5.91 Å². The SMILES string of the molecule is CC(=O)NCc1ccc(C(=O)Nc2ccccc2CN(C)C)cc1. The van der Waals surface area contributed by atoms with E-state index >= 15 is 0 Å². The minimum absolute atomic E-state index is 0.0747. The van der Waals surface area contributed by atoms with Gasteiger partial charge in [0.15, 0.2) is 0 Å². The van der Waals surface area contributed by atoms with Crippen molar-refractivity contribution in [3.8, 4) is 0 Å². The third kappa shape index (κ3) is 5.21. The van der Waals surface area contributed by atoms with E-state index in [0.717, 1.165) is 23.4 Å². The highest BCUT2D eigenvalue weighted by Crippen LogP contribution is 2.17. The first-order valence-corrected chi connectivity index (χ1v) is 7.83. The summed E-state index contributed by atoms with van der Waals surface area (Å²) in [4.78, 5) is 25.4. The summed E-state index contributed by atoms with van der Waals surface area (Å²) in [6.45, 7) is 2.70. The minimum atomic E-state index is -0.146. The van der Waals surface area contributed by atoms with Crippen LogP contribution in [-0.2, 0) is 17.9 Å². The Morgan fingerprint density at radius 1 is 1.00 bits per heavy atom. The van der Waals surface area contributed by atoms with E-state index in [-0.39, 0.29) is 11.8 Å². The molecule has 0 saturated carbocycles. The Bertz CT molecular complexity index is 709. The Kier molecular flexibility index (Phi) is 6.09. The maximum absolute atomic E-state index is 12.4. The Hall–Kier alpha value is -2.66. The summed E-state index contributed by atoms with van der Waals surface area (Å²) in [5.74, 6) is -0.221. The highest BCUT2D eigenvalue weighted by atomic mass is 16.2. The van der Waals surface area contributed by atoms with Crippen molar-refractivity contribution in [2.75, 3.05) is 19.4 Å². The number of amides is 2. The third-order valence-electron chi connectivity index (χ3n) is 3.51. The van der Waals surface area contributed by atoms with E-state index < -0.39 is 0 Å². The Balaban J connectivity index is 2.06. The number of para-hydroxylation sites is 1. The average Bonchev–Trinajstić information content (AvgIpc) is 2.54. The number of hydrogen-bond acceptors (Lipinski definition) is 3. The van der Waals surface area contributed by atoms with Gasteiger partial charge in [0.05, 0.1) is 0 Å². The molecule has 0 bridgehead atoms. The lowest BCUT2D eigenvalue weighted by Gasteiger charge is -2.15. The summed E-state index contributed by atoms with van der Waals surface area (Å²) in [6, 6.07) is 15.0. The molecular formula is C19H23N3O2. The molecule has 2 rings (SSSR count). The van der Waals surface area contributed by atoms with Gasteiger partial charge in [-0.2, -0.15) is 0 Å². The molecule has 24 heavy (non-hydrogen) atoms. The summed E-state index contributed by atoms with van der Waals surface area (Å²) in [6.07, 6.45) is 0. The van der Waals surface area contributed by atoms with Crippen LogP contribution in [0.1, 0.15) is 28.4 Å². The van der Waals surface area contributed by atoms with Crippen LogP contribution in [0.2, 0.25) is 0 Å². The first-order valence-electron chi connectivity index (χ1n) is 7.83. The fourth-order valence-electron chi connectivity index (χ4n) is 2.32. The Labute approximate surface area is 142 Å². The van der Waals surface area contributed by atoms with Crippen LogP contribution in [0.4, 0.5) is 5.69 Å². The molecule has 126 valence electrons. The summed E-state index contributed by atoms with van der Waals surface area (Å²) in [7, 11) is 3.98. The maximum Gasteiger partial charge on any atom is 0.255 e. The normalized spacial score (nSPS) is 10.5. The van der Waals surface area contributed by atoms with Crippen LogP contribution in [0.25, 0.3) is 0 Å². The van der Waals surface area contributed by atoms with Crippen molar-refractivity contribution in [2.45, 2.75) is 20.0 Å². The molecule has 5 nitrogen and oxygen atoms in total. The van der Waals surface area contributed by atoms with Crippen LogP contribution in [-0.4, -0.2) is 30.8 Å². The monoisotopic (exact) mass is 325 g/mol. The van der Waals surface area contributed by atoms with E-state index in [4.69, 9.17) is 0 Å². The van der Waals surface area contributed by atoms with E-state index in [1.807, 2.05) is 50.5 Å². The molecule has 2 aromatic carbocycles. The maximum atomic E-state index is 12.4. The highest BCUT2D eigenvalue weighted by molar-refractivity contribution is 6.04. The van der Waals surface area contributed by atoms with E-state index in [2.05, 4.69) is 15.5 Å². The van der Waals surface area contributed by atoms with E-state index in [1.54, 1.807) is 12.1 Å². The van der Waals surface area contributed by atoms with Gasteiger partial charge >= 0.3 is 0 Å². The third-order valence-corrected chi connectivity index (χ3v) is 3.51. The van der Waals surface area contributed by atoms with Crippen LogP contribution in [0.5, 0.6) is 0 Å². The zero-order valence-electron chi connectivity index (χ0n) is 14.3. The van der Waals surface area contributed by atoms with Crippen molar-refractivity contribution in [3.63, 3.8) is 0 Å². The van der Waals surface area contributed by atoms with Crippen molar-refractivity contribution in [2.24, 2.45) is 0 Å². The molecule has 0 aliphatic heterocycles. The summed E-state index contributed by atoms with van der Waals surface area (Å²) in [5.41, 5.74) is 3.42. The summed E-state index contributed by atoms with van der Waals surface area (Å²) >= 11 is 0. The summed E-state index contributed by atoms with van der Waals surface area (Å²) in [5, 5.41) is 5.70. The van der Waals surface area contributed by atoms with Crippen LogP contribution >= 0.6 is 0 Å². The molecule has 2 aromatic rings. The molecule has 0 aliphatic carbocycles. The zero-order valence-corrected chi connectivity index (χ0v) is 14.3. The number of carbonyl (C=O) groups is 2.